The third-order valence-electron chi connectivity index (χ3n) is 3.83. The van der Waals surface area contributed by atoms with Crippen LogP contribution < -0.4 is 5.32 Å². The lowest BCUT2D eigenvalue weighted by molar-refractivity contribution is 0.280. The van der Waals surface area contributed by atoms with Crippen LogP contribution in [0.2, 0.25) is 0 Å². The Hall–Kier alpha value is -1.05. The maximum absolute atomic E-state index is 13.1. The Balaban J connectivity index is 1.80. The fourth-order valence-corrected chi connectivity index (χ4v) is 2.72. The lowest BCUT2D eigenvalue weighted by atomic mass is 9.78. The number of hydrogen-bond donors (Lipinski definition) is 1. The van der Waals surface area contributed by atoms with Gasteiger partial charge in [0.05, 0.1) is 0 Å². The van der Waals surface area contributed by atoms with Crippen LogP contribution in [0.25, 0.3) is 0 Å². The van der Waals surface area contributed by atoms with Crippen LogP contribution in [0.5, 0.6) is 0 Å². The topological polar surface area (TPSA) is 12.0 Å². The molecule has 1 aromatic carbocycles. The molecular weight excluding hydrogens is 189 g/mol. The van der Waals surface area contributed by atoms with Gasteiger partial charge in [0, 0.05) is 18.2 Å². The molecule has 0 spiro atoms. The maximum atomic E-state index is 13.1. The molecule has 2 heteroatoms. The summed E-state index contributed by atoms with van der Waals surface area (Å²) in [7, 11) is 0. The van der Waals surface area contributed by atoms with Crippen molar-refractivity contribution >= 4 is 5.69 Å². The molecule has 1 fully saturated rings. The Morgan fingerprint density at radius 1 is 1.33 bits per heavy atom. The van der Waals surface area contributed by atoms with Crippen LogP contribution in [-0.4, -0.2) is 6.54 Å². The Morgan fingerprint density at radius 3 is 2.93 bits per heavy atom. The highest BCUT2D eigenvalue weighted by atomic mass is 19.1. The monoisotopic (exact) mass is 205 g/mol. The second-order valence-corrected chi connectivity index (χ2v) is 4.84. The van der Waals surface area contributed by atoms with Gasteiger partial charge in [-0.15, -0.1) is 0 Å². The largest absolute Gasteiger partial charge is 0.384 e. The molecule has 15 heavy (non-hydrogen) atoms. The number of anilines is 1. The van der Waals surface area contributed by atoms with Gasteiger partial charge in [0.2, 0.25) is 0 Å². The maximum Gasteiger partial charge on any atom is 0.123 e. The lowest BCUT2D eigenvalue weighted by Gasteiger charge is -2.27. The predicted octanol–water partition coefficient (Wildman–Crippen LogP) is 3.53. The van der Waals surface area contributed by atoms with Gasteiger partial charge in [0.1, 0.15) is 5.82 Å². The summed E-state index contributed by atoms with van der Waals surface area (Å²) in [6.45, 7) is 0.995. The first-order valence-corrected chi connectivity index (χ1v) is 5.86. The number of rotatable bonds is 2. The molecule has 3 rings (SSSR count). The molecule has 1 saturated carbocycles. The molecule has 1 aliphatic heterocycles. The van der Waals surface area contributed by atoms with Crippen molar-refractivity contribution in [1.82, 2.24) is 0 Å². The molecule has 1 atom stereocenters. The van der Waals surface area contributed by atoms with Crippen LogP contribution in [0, 0.1) is 11.7 Å². The van der Waals surface area contributed by atoms with Crippen molar-refractivity contribution < 1.29 is 4.39 Å². The van der Waals surface area contributed by atoms with Crippen molar-refractivity contribution in [2.75, 3.05) is 11.9 Å². The first kappa shape index (κ1) is 9.20. The zero-order chi connectivity index (χ0) is 10.3. The Morgan fingerprint density at radius 2 is 2.20 bits per heavy atom. The summed E-state index contributed by atoms with van der Waals surface area (Å²) in [5.41, 5.74) is 2.34. The van der Waals surface area contributed by atoms with Crippen molar-refractivity contribution in [3.8, 4) is 0 Å². The van der Waals surface area contributed by atoms with Crippen LogP contribution in [0.15, 0.2) is 18.2 Å². The summed E-state index contributed by atoms with van der Waals surface area (Å²) in [6, 6.07) is 5.11. The molecule has 1 nitrogen and oxygen atoms in total. The van der Waals surface area contributed by atoms with Crippen molar-refractivity contribution in [2.45, 2.75) is 31.6 Å². The van der Waals surface area contributed by atoms with E-state index in [9.17, 15) is 4.39 Å². The van der Waals surface area contributed by atoms with E-state index < -0.39 is 0 Å². The van der Waals surface area contributed by atoms with Crippen molar-refractivity contribution in [3.63, 3.8) is 0 Å². The van der Waals surface area contributed by atoms with E-state index in [-0.39, 0.29) is 5.82 Å². The summed E-state index contributed by atoms with van der Waals surface area (Å²) < 4.78 is 13.1. The molecular formula is C13H16FN. The van der Waals surface area contributed by atoms with Gasteiger partial charge in [0.25, 0.3) is 0 Å². The van der Waals surface area contributed by atoms with Gasteiger partial charge in [-0.1, -0.05) is 19.3 Å². The SMILES string of the molecule is Fc1ccc2c(c1)C(CC1CCC1)CN2. The molecule has 1 aliphatic carbocycles. The van der Waals surface area contributed by atoms with E-state index in [4.69, 9.17) is 0 Å². The minimum atomic E-state index is -0.101. The van der Waals surface area contributed by atoms with Gasteiger partial charge < -0.3 is 5.32 Å². The molecule has 0 bridgehead atoms. The van der Waals surface area contributed by atoms with E-state index in [1.165, 1.54) is 37.3 Å². The summed E-state index contributed by atoms with van der Waals surface area (Å²) >= 11 is 0. The van der Waals surface area contributed by atoms with Crippen LogP contribution in [0.4, 0.5) is 10.1 Å². The predicted molar refractivity (Wildman–Crippen MR) is 59.6 cm³/mol. The molecule has 0 saturated heterocycles. The fraction of sp³-hybridized carbons (Fsp3) is 0.538. The van der Waals surface area contributed by atoms with Gasteiger partial charge in [-0.25, -0.2) is 4.39 Å². The smallest absolute Gasteiger partial charge is 0.123 e. The zero-order valence-electron chi connectivity index (χ0n) is 8.80. The quantitative estimate of drug-likeness (QED) is 0.778. The highest BCUT2D eigenvalue weighted by Crippen LogP contribution is 2.40. The first-order chi connectivity index (χ1) is 7.33. The second-order valence-electron chi connectivity index (χ2n) is 4.84. The van der Waals surface area contributed by atoms with E-state index >= 15 is 0 Å². The molecule has 0 amide bonds. The molecule has 80 valence electrons. The van der Waals surface area contributed by atoms with Gasteiger partial charge in [0.15, 0.2) is 0 Å². The van der Waals surface area contributed by atoms with E-state index in [0.717, 1.165) is 18.2 Å². The van der Waals surface area contributed by atoms with E-state index in [1.54, 1.807) is 6.07 Å². The Kier molecular flexibility index (Phi) is 2.15. The average molecular weight is 205 g/mol. The number of hydrogen-bond acceptors (Lipinski definition) is 1. The number of halogens is 1. The second kappa shape index (κ2) is 3.51. The molecule has 0 aromatic heterocycles. The van der Waals surface area contributed by atoms with Crippen molar-refractivity contribution in [2.24, 2.45) is 5.92 Å². The normalized spacial score (nSPS) is 24.5. The van der Waals surface area contributed by atoms with Crippen molar-refractivity contribution in [1.29, 1.82) is 0 Å². The van der Waals surface area contributed by atoms with Gasteiger partial charge in [-0.05, 0) is 36.1 Å². The van der Waals surface area contributed by atoms with Crippen molar-refractivity contribution in [3.05, 3.63) is 29.6 Å². The number of nitrogens with one attached hydrogen (secondary N) is 1. The third kappa shape index (κ3) is 1.62. The van der Waals surface area contributed by atoms with E-state index in [0.29, 0.717) is 5.92 Å². The molecule has 1 heterocycles. The number of fused-ring (bicyclic) bond motifs is 1. The highest BCUT2D eigenvalue weighted by molar-refractivity contribution is 5.57. The number of benzene rings is 1. The molecule has 2 aliphatic rings. The Labute approximate surface area is 89.7 Å². The van der Waals surface area contributed by atoms with Gasteiger partial charge >= 0.3 is 0 Å². The Bertz CT molecular complexity index is 371. The molecule has 1 aromatic rings. The summed E-state index contributed by atoms with van der Waals surface area (Å²) in [5, 5.41) is 3.36. The van der Waals surface area contributed by atoms with Gasteiger partial charge in [-0.3, -0.25) is 0 Å². The molecule has 1 N–H and O–H groups in total. The average Bonchev–Trinajstić information content (AvgIpc) is 2.54. The standard InChI is InChI=1S/C13H16FN/c14-11-4-5-13-12(7-11)10(8-15-13)6-9-2-1-3-9/h4-5,7,9-10,15H,1-3,6,8H2. The summed E-state index contributed by atoms with van der Waals surface area (Å²) in [4.78, 5) is 0. The fourth-order valence-electron chi connectivity index (χ4n) is 2.72. The minimum absolute atomic E-state index is 0.101. The van der Waals surface area contributed by atoms with E-state index in [1.807, 2.05) is 6.07 Å². The minimum Gasteiger partial charge on any atom is -0.384 e. The molecule has 1 unspecified atom stereocenters. The van der Waals surface area contributed by atoms with Crippen LogP contribution >= 0.6 is 0 Å². The zero-order valence-corrected chi connectivity index (χ0v) is 8.80. The molecule has 0 radical (unpaired) electrons. The van der Waals surface area contributed by atoms with Crippen LogP contribution in [0.3, 0.4) is 0 Å². The van der Waals surface area contributed by atoms with E-state index in [2.05, 4.69) is 5.32 Å². The summed E-state index contributed by atoms with van der Waals surface area (Å²) in [6.07, 6.45) is 5.38. The third-order valence-corrected chi connectivity index (χ3v) is 3.83. The summed E-state index contributed by atoms with van der Waals surface area (Å²) in [5.74, 6) is 1.34. The van der Waals surface area contributed by atoms with Gasteiger partial charge in [-0.2, -0.15) is 0 Å². The first-order valence-electron chi connectivity index (χ1n) is 5.86. The lowest BCUT2D eigenvalue weighted by Crippen LogP contribution is -2.16. The van der Waals surface area contributed by atoms with Crippen LogP contribution in [-0.2, 0) is 0 Å². The van der Waals surface area contributed by atoms with Crippen LogP contribution in [0.1, 0.15) is 37.2 Å². The highest BCUT2D eigenvalue weighted by Gasteiger charge is 2.27.